The molecular formula is C19H24N2O. The molecule has 0 bridgehead atoms. The number of hydrogen-bond donors (Lipinski definition) is 1. The van der Waals surface area contributed by atoms with Gasteiger partial charge in [0.25, 0.3) is 0 Å². The van der Waals surface area contributed by atoms with E-state index in [1.807, 2.05) is 48.2 Å². The number of anilines is 1. The Hall–Kier alpha value is -2.29. The zero-order chi connectivity index (χ0) is 15.9. The van der Waals surface area contributed by atoms with Gasteiger partial charge in [-0.2, -0.15) is 0 Å². The quantitative estimate of drug-likeness (QED) is 0.829. The van der Waals surface area contributed by atoms with Crippen molar-refractivity contribution in [2.45, 2.75) is 33.2 Å². The molecule has 2 rings (SSSR count). The number of amides is 1. The summed E-state index contributed by atoms with van der Waals surface area (Å²) in [6, 6.07) is 15.9. The maximum absolute atomic E-state index is 12.5. The molecule has 2 aromatic carbocycles. The number of nitrogen functional groups attached to an aromatic ring is 1. The molecule has 0 aliphatic heterocycles. The number of nitrogens with zero attached hydrogens (tertiary/aromatic N) is 1. The van der Waals surface area contributed by atoms with Gasteiger partial charge in [-0.1, -0.05) is 42.5 Å². The number of nitrogens with two attached hydrogens (primary N) is 1. The Balaban J connectivity index is 1.98. The van der Waals surface area contributed by atoms with Crippen LogP contribution in [0.4, 0.5) is 5.69 Å². The molecule has 1 amide bonds. The molecule has 2 N–H and O–H groups in total. The van der Waals surface area contributed by atoms with E-state index in [0.29, 0.717) is 19.4 Å². The molecule has 0 saturated heterocycles. The molecule has 0 aliphatic rings. The zero-order valence-electron chi connectivity index (χ0n) is 13.4. The highest BCUT2D eigenvalue weighted by molar-refractivity contribution is 5.76. The third-order valence-electron chi connectivity index (χ3n) is 4.02. The van der Waals surface area contributed by atoms with E-state index in [2.05, 4.69) is 19.1 Å². The standard InChI is InChI=1S/C19H24N2O/c1-3-21(14-17-10-5-4-8-15(17)2)19(22)13-12-16-9-6-7-11-18(16)20/h4-11H,3,12-14,20H2,1-2H3. The normalized spacial score (nSPS) is 10.5. The number of aryl methyl sites for hydroxylation is 2. The van der Waals surface area contributed by atoms with Crippen molar-refractivity contribution in [3.05, 3.63) is 65.2 Å². The molecule has 0 radical (unpaired) electrons. The van der Waals surface area contributed by atoms with Gasteiger partial charge < -0.3 is 10.6 Å². The van der Waals surface area contributed by atoms with Crippen LogP contribution in [0, 0.1) is 6.92 Å². The van der Waals surface area contributed by atoms with Gasteiger partial charge in [0.15, 0.2) is 0 Å². The average molecular weight is 296 g/mol. The van der Waals surface area contributed by atoms with Gasteiger partial charge in [-0.05, 0) is 43.0 Å². The summed E-state index contributed by atoms with van der Waals surface area (Å²) in [5.41, 5.74) is 10.2. The molecule has 3 nitrogen and oxygen atoms in total. The Bertz CT molecular complexity index is 637. The molecule has 0 aliphatic carbocycles. The van der Waals surface area contributed by atoms with Gasteiger partial charge in [0.2, 0.25) is 5.91 Å². The van der Waals surface area contributed by atoms with Crippen LogP contribution in [0.1, 0.15) is 30.0 Å². The first kappa shape index (κ1) is 16.1. The highest BCUT2D eigenvalue weighted by atomic mass is 16.2. The largest absolute Gasteiger partial charge is 0.399 e. The molecule has 0 aromatic heterocycles. The Labute approximate surface area is 132 Å². The lowest BCUT2D eigenvalue weighted by atomic mass is 10.1. The van der Waals surface area contributed by atoms with Crippen LogP contribution in [0.25, 0.3) is 0 Å². The maximum Gasteiger partial charge on any atom is 0.223 e. The molecule has 0 spiro atoms. The van der Waals surface area contributed by atoms with Gasteiger partial charge in [-0.3, -0.25) is 4.79 Å². The zero-order valence-corrected chi connectivity index (χ0v) is 13.4. The van der Waals surface area contributed by atoms with E-state index in [9.17, 15) is 4.79 Å². The Kier molecular flexibility index (Phi) is 5.59. The second-order valence-electron chi connectivity index (χ2n) is 5.53. The molecule has 0 fully saturated rings. The number of carbonyl (C=O) groups is 1. The lowest BCUT2D eigenvalue weighted by Gasteiger charge is -2.22. The van der Waals surface area contributed by atoms with Crippen molar-refractivity contribution in [1.29, 1.82) is 0 Å². The van der Waals surface area contributed by atoms with Crippen LogP contribution in [0.2, 0.25) is 0 Å². The molecule has 0 saturated carbocycles. The van der Waals surface area contributed by atoms with Crippen molar-refractivity contribution < 1.29 is 4.79 Å². The van der Waals surface area contributed by atoms with Crippen LogP contribution in [-0.4, -0.2) is 17.4 Å². The lowest BCUT2D eigenvalue weighted by Crippen LogP contribution is -2.30. The molecule has 0 heterocycles. The highest BCUT2D eigenvalue weighted by Gasteiger charge is 2.13. The molecule has 116 valence electrons. The van der Waals surface area contributed by atoms with Gasteiger partial charge in [-0.25, -0.2) is 0 Å². The van der Waals surface area contributed by atoms with E-state index in [4.69, 9.17) is 5.73 Å². The van der Waals surface area contributed by atoms with Crippen molar-refractivity contribution in [2.75, 3.05) is 12.3 Å². The molecular weight excluding hydrogens is 272 g/mol. The third kappa shape index (κ3) is 4.10. The Morgan fingerprint density at radius 3 is 2.32 bits per heavy atom. The summed E-state index contributed by atoms with van der Waals surface area (Å²) in [4.78, 5) is 14.4. The highest BCUT2D eigenvalue weighted by Crippen LogP contribution is 2.15. The fraction of sp³-hybridized carbons (Fsp3) is 0.316. The van der Waals surface area contributed by atoms with Gasteiger partial charge in [0.05, 0.1) is 0 Å². The van der Waals surface area contributed by atoms with Crippen molar-refractivity contribution in [3.8, 4) is 0 Å². The Morgan fingerprint density at radius 1 is 1.05 bits per heavy atom. The predicted molar refractivity (Wildman–Crippen MR) is 91.4 cm³/mol. The first-order chi connectivity index (χ1) is 10.6. The summed E-state index contributed by atoms with van der Waals surface area (Å²) in [6.07, 6.45) is 1.18. The number of carbonyl (C=O) groups excluding carboxylic acids is 1. The minimum atomic E-state index is 0.175. The smallest absolute Gasteiger partial charge is 0.223 e. The molecule has 22 heavy (non-hydrogen) atoms. The second-order valence-corrected chi connectivity index (χ2v) is 5.53. The maximum atomic E-state index is 12.5. The average Bonchev–Trinajstić information content (AvgIpc) is 2.53. The van der Waals surface area contributed by atoms with Gasteiger partial charge in [0.1, 0.15) is 0 Å². The summed E-state index contributed by atoms with van der Waals surface area (Å²) >= 11 is 0. The minimum Gasteiger partial charge on any atom is -0.399 e. The summed E-state index contributed by atoms with van der Waals surface area (Å²) in [5.74, 6) is 0.175. The fourth-order valence-corrected chi connectivity index (χ4v) is 2.53. The van der Waals surface area contributed by atoms with Gasteiger partial charge >= 0.3 is 0 Å². The molecule has 3 heteroatoms. The Morgan fingerprint density at radius 2 is 1.68 bits per heavy atom. The lowest BCUT2D eigenvalue weighted by molar-refractivity contribution is -0.131. The summed E-state index contributed by atoms with van der Waals surface area (Å²) in [7, 11) is 0. The van der Waals surface area contributed by atoms with Crippen LogP contribution >= 0.6 is 0 Å². The monoisotopic (exact) mass is 296 g/mol. The summed E-state index contributed by atoms with van der Waals surface area (Å²) in [5, 5.41) is 0. The van der Waals surface area contributed by atoms with E-state index in [0.717, 1.165) is 17.8 Å². The fourth-order valence-electron chi connectivity index (χ4n) is 2.53. The topological polar surface area (TPSA) is 46.3 Å². The molecule has 2 aromatic rings. The molecule has 0 atom stereocenters. The number of hydrogen-bond acceptors (Lipinski definition) is 2. The van der Waals surface area contributed by atoms with E-state index >= 15 is 0 Å². The van der Waals surface area contributed by atoms with Gasteiger partial charge in [-0.15, -0.1) is 0 Å². The van der Waals surface area contributed by atoms with Crippen LogP contribution in [0.15, 0.2) is 48.5 Å². The van der Waals surface area contributed by atoms with Crippen LogP contribution in [0.3, 0.4) is 0 Å². The number of para-hydroxylation sites is 1. The van der Waals surface area contributed by atoms with Gasteiger partial charge in [0, 0.05) is 25.2 Å². The first-order valence-electron chi connectivity index (χ1n) is 7.77. The van der Waals surface area contributed by atoms with E-state index in [1.165, 1.54) is 11.1 Å². The van der Waals surface area contributed by atoms with E-state index in [1.54, 1.807) is 0 Å². The SMILES string of the molecule is CCN(Cc1ccccc1C)C(=O)CCc1ccccc1N. The van der Waals surface area contributed by atoms with Crippen molar-refractivity contribution in [1.82, 2.24) is 4.90 Å². The van der Waals surface area contributed by atoms with Crippen LogP contribution in [0.5, 0.6) is 0 Å². The minimum absolute atomic E-state index is 0.175. The van der Waals surface area contributed by atoms with E-state index < -0.39 is 0 Å². The first-order valence-corrected chi connectivity index (χ1v) is 7.77. The summed E-state index contributed by atoms with van der Waals surface area (Å²) < 4.78 is 0. The van der Waals surface area contributed by atoms with E-state index in [-0.39, 0.29) is 5.91 Å². The van der Waals surface area contributed by atoms with Crippen LogP contribution in [-0.2, 0) is 17.8 Å². The number of benzene rings is 2. The van der Waals surface area contributed by atoms with Crippen molar-refractivity contribution in [3.63, 3.8) is 0 Å². The molecule has 0 unspecified atom stereocenters. The summed E-state index contributed by atoms with van der Waals surface area (Å²) in [6.45, 7) is 5.50. The predicted octanol–water partition coefficient (Wildman–Crippen LogP) is 3.56. The second kappa shape index (κ2) is 7.64. The third-order valence-corrected chi connectivity index (χ3v) is 4.02. The van der Waals surface area contributed by atoms with Crippen molar-refractivity contribution in [2.24, 2.45) is 0 Å². The van der Waals surface area contributed by atoms with Crippen molar-refractivity contribution >= 4 is 11.6 Å². The van der Waals surface area contributed by atoms with Crippen LogP contribution < -0.4 is 5.73 Å². The number of rotatable bonds is 6.